The van der Waals surface area contributed by atoms with E-state index < -0.39 is 0 Å². The summed E-state index contributed by atoms with van der Waals surface area (Å²) in [5.74, 6) is 4.67. The van der Waals surface area contributed by atoms with E-state index in [2.05, 4.69) is 5.97 Å². The molecule has 0 fully saturated rings. The van der Waals surface area contributed by atoms with Crippen LogP contribution in [0.3, 0.4) is 0 Å². The zero-order valence-electron chi connectivity index (χ0n) is 1.52. The van der Waals surface area contributed by atoms with Gasteiger partial charge in [-0.15, -0.1) is 0 Å². The quantitative estimate of drug-likeness (QED) is 0.465. The summed E-state index contributed by atoms with van der Waals surface area (Å²) in [4.78, 5) is 0. The molecule has 0 aliphatic carbocycles. The van der Waals surface area contributed by atoms with Gasteiger partial charge in [-0.1, -0.05) is 0 Å². The number of halogens is 1. The molecule has 0 spiro atoms. The minimum absolute atomic E-state index is 0. The second kappa shape index (κ2) is 15.6. The first kappa shape index (κ1) is 15.8. The molecule has 28 valence electrons. The van der Waals surface area contributed by atoms with Gasteiger partial charge in [0.1, 0.15) is 0 Å². The van der Waals surface area contributed by atoms with Crippen molar-refractivity contribution in [3.63, 3.8) is 0 Å². The van der Waals surface area contributed by atoms with Crippen molar-refractivity contribution in [2.75, 3.05) is 0 Å². The van der Waals surface area contributed by atoms with Crippen molar-refractivity contribution in [1.29, 1.82) is 0 Å². The molecule has 0 atom stereocenters. The third kappa shape index (κ3) is 9.74. The molecule has 1 radical (unpaired) electrons. The molecule has 0 rings (SSSR count). The van der Waals surface area contributed by atoms with Gasteiger partial charge in [-0.05, 0) is 0 Å². The third-order valence-corrected chi connectivity index (χ3v) is 0. The van der Waals surface area contributed by atoms with Gasteiger partial charge in [0.05, 0.1) is 0 Å². The molecule has 0 aromatic rings. The first-order valence-electron chi connectivity index (χ1n) is 0.134. The van der Waals surface area contributed by atoms with E-state index in [0.29, 0.717) is 0 Å². The number of hydrogen-bond acceptors (Lipinski definition) is 0. The summed E-state index contributed by atoms with van der Waals surface area (Å²) < 4.78 is 0. The minimum atomic E-state index is 0. The molecule has 0 heterocycles. The maximum Gasteiger partial charge on any atom is 0 e. The molecule has 0 saturated carbocycles. The molecule has 0 aromatic heterocycles. The van der Waals surface area contributed by atoms with Gasteiger partial charge in [-0.25, -0.2) is 0 Å². The van der Waals surface area contributed by atoms with E-state index in [9.17, 15) is 0 Å². The van der Waals surface area contributed by atoms with Gasteiger partial charge in [0.25, 0.3) is 0 Å². The summed E-state index contributed by atoms with van der Waals surface area (Å²) in [6.07, 6.45) is 0. The zero-order chi connectivity index (χ0) is 2.00. The Labute approximate surface area is 127 Å². The summed E-state index contributed by atoms with van der Waals surface area (Å²) >= 11 is 1.33. The van der Waals surface area contributed by atoms with Gasteiger partial charge < -0.3 is 0 Å². The van der Waals surface area contributed by atoms with Crippen LogP contribution in [0.5, 0.6) is 0 Å². The predicted octanol–water partition coefficient (Wildman–Crippen LogP) is 0.690. The summed E-state index contributed by atoms with van der Waals surface area (Å²) in [6, 6.07) is 0. The molecular formula is ClEuGdSm. The molecular weight excluding hydrogens is 495 g/mol. The van der Waals surface area contributed by atoms with Gasteiger partial charge in [0.2, 0.25) is 0 Å². The average Bonchev–Trinajstić information content (AvgIpc) is 1.00. The van der Waals surface area contributed by atoms with E-state index in [1.807, 2.05) is 0 Å². The fraction of sp³-hybridized carbons (Fsp3) is 0. The summed E-state index contributed by atoms with van der Waals surface area (Å²) in [5, 5.41) is 0. The van der Waals surface area contributed by atoms with Crippen LogP contribution in [0.1, 0.15) is 0 Å². The summed E-state index contributed by atoms with van der Waals surface area (Å²) in [5.41, 5.74) is 0. The standard InChI is InChI=1S/ClH.Eu.Gd.Sm/h1H;;;/q;;+1;/p-1. The van der Waals surface area contributed by atoms with Gasteiger partial charge >= 0.3 is 42.3 Å². The molecule has 0 aliphatic rings. The molecule has 4 heavy (non-hydrogen) atoms. The molecule has 0 aliphatic heterocycles. The van der Waals surface area contributed by atoms with Crippen LogP contribution in [-0.4, -0.2) is 0 Å². The van der Waals surface area contributed by atoms with Crippen LogP contribution < -0.4 is 0 Å². The molecule has 0 amide bonds. The Morgan fingerprint density at radius 3 is 1.25 bits per heavy atom. The Bertz CT molecular complexity index is 8.00. The van der Waals surface area contributed by atoms with Crippen molar-refractivity contribution < 1.29 is 126 Å². The van der Waals surface area contributed by atoms with E-state index in [4.69, 9.17) is 0 Å². The first-order valence-corrected chi connectivity index (χ1v) is 2.97. The normalized spacial score (nSPS) is 1.50. The first-order chi connectivity index (χ1) is 1.00. The van der Waals surface area contributed by atoms with E-state index in [1.165, 1.54) is 36.4 Å². The van der Waals surface area contributed by atoms with Crippen molar-refractivity contribution in [1.82, 2.24) is 0 Å². The maximum absolute atomic E-state index is 4.67. The number of hydrogen-bond donors (Lipinski definition) is 0. The van der Waals surface area contributed by atoms with Crippen LogP contribution in [0.2, 0.25) is 0 Å². The number of rotatable bonds is 0. The van der Waals surface area contributed by atoms with Crippen LogP contribution in [0.4, 0.5) is 0 Å². The third-order valence-electron chi connectivity index (χ3n) is 0. The van der Waals surface area contributed by atoms with Gasteiger partial charge in [0, 0.05) is 89.8 Å². The summed E-state index contributed by atoms with van der Waals surface area (Å²) in [7, 11) is 0. The smallest absolute Gasteiger partial charge is 0 e. The van der Waals surface area contributed by atoms with E-state index in [1.54, 1.807) is 0 Å². The Morgan fingerprint density at radius 2 is 1.25 bits per heavy atom. The molecule has 0 bridgehead atoms. The van der Waals surface area contributed by atoms with Crippen molar-refractivity contribution in [2.45, 2.75) is 0 Å². The predicted molar refractivity (Wildman–Crippen MR) is 5.85 cm³/mol. The van der Waals surface area contributed by atoms with E-state index >= 15 is 0 Å². The van der Waals surface area contributed by atoms with Crippen LogP contribution in [0.15, 0.2) is 0 Å². The SMILES string of the molecule is [Cl][Gd].[Eu].[Sm]. The van der Waals surface area contributed by atoms with E-state index in [0.717, 1.165) is 0 Å². The molecule has 0 aromatic carbocycles. The topological polar surface area (TPSA) is 0 Å². The van der Waals surface area contributed by atoms with Crippen molar-refractivity contribution in [3.05, 3.63) is 0 Å². The van der Waals surface area contributed by atoms with Crippen molar-refractivity contribution >= 4 is 5.97 Å². The molecule has 4 heteroatoms. The van der Waals surface area contributed by atoms with Gasteiger partial charge in [-0.2, -0.15) is 0 Å². The minimum Gasteiger partial charge on any atom is 0 e. The van der Waals surface area contributed by atoms with Crippen LogP contribution >= 0.6 is 5.97 Å². The molecule has 0 nitrogen and oxygen atoms in total. The second-order valence-electron chi connectivity index (χ2n) is 0. The monoisotopic (exact) mass is 498 g/mol. The zero-order valence-corrected chi connectivity index (χ0v) is 9.59. The Balaban J connectivity index is -0.00000000500. The van der Waals surface area contributed by atoms with Crippen LogP contribution in [0, 0.1) is 126 Å². The second-order valence-corrected chi connectivity index (χ2v) is 0. The fourth-order valence-corrected chi connectivity index (χ4v) is 0. The average molecular weight is 495 g/mol. The molecule has 0 unspecified atom stereocenters. The largest absolute Gasteiger partial charge is 0 e. The Hall–Kier alpha value is 4.54. The molecule has 0 saturated heterocycles. The maximum atomic E-state index is 4.67. The van der Waals surface area contributed by atoms with Crippen LogP contribution in [0.25, 0.3) is 0 Å². The Morgan fingerprint density at radius 1 is 1.25 bits per heavy atom. The van der Waals surface area contributed by atoms with Crippen molar-refractivity contribution in [3.8, 4) is 0 Å². The van der Waals surface area contributed by atoms with Gasteiger partial charge in [-0.3, -0.25) is 0 Å². The fourth-order valence-electron chi connectivity index (χ4n) is 0. The molecule has 0 N–H and O–H groups in total. The Kier molecular flexibility index (Phi) is 61.9. The van der Waals surface area contributed by atoms with Crippen molar-refractivity contribution in [2.24, 2.45) is 0 Å². The van der Waals surface area contributed by atoms with Gasteiger partial charge in [0.15, 0.2) is 0 Å². The van der Waals surface area contributed by atoms with E-state index in [-0.39, 0.29) is 89.8 Å². The van der Waals surface area contributed by atoms with Crippen LogP contribution in [-0.2, 0) is 0 Å². The summed E-state index contributed by atoms with van der Waals surface area (Å²) in [6.45, 7) is 0.